The zero-order valence-electron chi connectivity index (χ0n) is 10.2. The van der Waals surface area contributed by atoms with Crippen molar-refractivity contribution in [2.75, 3.05) is 0 Å². The molecule has 0 saturated heterocycles. The minimum atomic E-state index is 0.253. The Labute approximate surface area is 106 Å². The summed E-state index contributed by atoms with van der Waals surface area (Å²) in [6.45, 7) is 0. The molecule has 0 fully saturated rings. The number of fused-ring (bicyclic) bond motifs is 1. The molecule has 3 rings (SSSR count). The Morgan fingerprint density at radius 1 is 1.06 bits per heavy atom. The fraction of sp³-hybridized carbons (Fsp3) is 0.250. The van der Waals surface area contributed by atoms with E-state index in [2.05, 4.69) is 17.1 Å². The first-order valence-corrected chi connectivity index (χ1v) is 6.41. The maximum atomic E-state index is 11.7. The summed E-state index contributed by atoms with van der Waals surface area (Å²) in [6, 6.07) is 8.24. The number of hydrogen-bond donors (Lipinski definition) is 0. The van der Waals surface area contributed by atoms with E-state index in [1.807, 2.05) is 24.4 Å². The third-order valence-electron chi connectivity index (χ3n) is 3.48. The fourth-order valence-corrected chi connectivity index (χ4v) is 2.56. The Hall–Kier alpha value is -1.96. The molecule has 0 radical (unpaired) electrons. The van der Waals surface area contributed by atoms with Crippen LogP contribution in [0.15, 0.2) is 42.7 Å². The van der Waals surface area contributed by atoms with Crippen LogP contribution < -0.4 is 0 Å². The zero-order valence-corrected chi connectivity index (χ0v) is 10.2. The van der Waals surface area contributed by atoms with Gasteiger partial charge in [-0.05, 0) is 47.9 Å². The smallest absolute Gasteiger partial charge is 0.155 e. The highest BCUT2D eigenvalue weighted by Gasteiger charge is 2.12. The lowest BCUT2D eigenvalue weighted by Gasteiger charge is -2.08. The van der Waals surface area contributed by atoms with Crippen molar-refractivity contribution in [2.24, 2.45) is 0 Å². The lowest BCUT2D eigenvalue weighted by atomic mass is 9.96. The van der Waals surface area contributed by atoms with Crippen molar-refractivity contribution in [3.05, 3.63) is 48.3 Å². The highest BCUT2D eigenvalue weighted by Crippen LogP contribution is 2.29. The summed E-state index contributed by atoms with van der Waals surface area (Å²) in [5.41, 5.74) is 2.33. The minimum Gasteiger partial charge on any atom is -0.295 e. The normalized spacial score (nSPS) is 16.4. The van der Waals surface area contributed by atoms with Gasteiger partial charge in [-0.3, -0.25) is 9.78 Å². The van der Waals surface area contributed by atoms with E-state index in [0.717, 1.165) is 35.8 Å². The van der Waals surface area contributed by atoms with E-state index in [-0.39, 0.29) is 5.78 Å². The van der Waals surface area contributed by atoms with Gasteiger partial charge in [0.1, 0.15) is 0 Å². The molecule has 2 aromatic rings. The molecule has 1 aromatic heterocycles. The third-order valence-corrected chi connectivity index (χ3v) is 3.48. The number of hydrogen-bond acceptors (Lipinski definition) is 2. The average molecular weight is 237 g/mol. The van der Waals surface area contributed by atoms with Gasteiger partial charge in [-0.15, -0.1) is 0 Å². The second-order valence-corrected chi connectivity index (χ2v) is 4.75. The van der Waals surface area contributed by atoms with Crippen LogP contribution in [0.3, 0.4) is 0 Å². The van der Waals surface area contributed by atoms with Gasteiger partial charge in [-0.25, -0.2) is 0 Å². The second-order valence-electron chi connectivity index (χ2n) is 4.75. The second kappa shape index (κ2) is 4.73. The number of nitrogens with zero attached hydrogens (tertiary/aromatic N) is 1. The van der Waals surface area contributed by atoms with E-state index >= 15 is 0 Å². The largest absolute Gasteiger partial charge is 0.295 e. The quantitative estimate of drug-likeness (QED) is 0.755. The minimum absolute atomic E-state index is 0.253. The standard InChI is InChI=1S/C16H15NO/c18-14-6-2-1-4-13(10-14)15-7-3-5-12-8-9-17-11-16(12)15/h3,5,7-11H,1-2,4,6H2. The molecule has 2 nitrogen and oxygen atoms in total. The van der Waals surface area contributed by atoms with Gasteiger partial charge in [0.05, 0.1) is 0 Å². The van der Waals surface area contributed by atoms with Crippen molar-refractivity contribution >= 4 is 22.1 Å². The van der Waals surface area contributed by atoms with Crippen LogP contribution in [0.4, 0.5) is 0 Å². The highest BCUT2D eigenvalue weighted by atomic mass is 16.1. The molecule has 0 saturated carbocycles. The maximum absolute atomic E-state index is 11.7. The van der Waals surface area contributed by atoms with Gasteiger partial charge >= 0.3 is 0 Å². The molecule has 0 aliphatic heterocycles. The molecule has 0 N–H and O–H groups in total. The Morgan fingerprint density at radius 2 is 1.94 bits per heavy atom. The fourth-order valence-electron chi connectivity index (χ4n) is 2.56. The van der Waals surface area contributed by atoms with Crippen LogP contribution in [0.25, 0.3) is 16.3 Å². The molecule has 0 atom stereocenters. The molecule has 1 heterocycles. The third kappa shape index (κ3) is 2.06. The number of aromatic nitrogens is 1. The lowest BCUT2D eigenvalue weighted by Crippen LogP contribution is -1.91. The predicted molar refractivity (Wildman–Crippen MR) is 73.2 cm³/mol. The Kier molecular flexibility index (Phi) is 2.93. The summed E-state index contributed by atoms with van der Waals surface area (Å²) >= 11 is 0. The van der Waals surface area contributed by atoms with Gasteiger partial charge in [0.25, 0.3) is 0 Å². The van der Waals surface area contributed by atoms with Crippen LogP contribution >= 0.6 is 0 Å². The van der Waals surface area contributed by atoms with Crippen LogP contribution in [0.1, 0.15) is 31.2 Å². The summed E-state index contributed by atoms with van der Waals surface area (Å²) in [5, 5.41) is 2.32. The average Bonchev–Trinajstić information content (AvgIpc) is 2.63. The maximum Gasteiger partial charge on any atom is 0.155 e. The molecule has 0 amide bonds. The van der Waals surface area contributed by atoms with Gasteiger partial charge < -0.3 is 0 Å². The number of rotatable bonds is 1. The van der Waals surface area contributed by atoms with E-state index in [0.29, 0.717) is 6.42 Å². The highest BCUT2D eigenvalue weighted by molar-refractivity contribution is 6.01. The van der Waals surface area contributed by atoms with E-state index in [1.54, 1.807) is 6.20 Å². The number of carbonyl (C=O) groups excluding carboxylic acids is 1. The molecular formula is C16H15NO. The van der Waals surface area contributed by atoms with Gasteiger partial charge in [-0.2, -0.15) is 0 Å². The van der Waals surface area contributed by atoms with E-state index in [4.69, 9.17) is 0 Å². The zero-order chi connectivity index (χ0) is 12.4. The summed E-state index contributed by atoms with van der Waals surface area (Å²) in [6.07, 6.45) is 9.29. The first kappa shape index (κ1) is 11.1. The number of ketones is 1. The van der Waals surface area contributed by atoms with Crippen LogP contribution in [-0.4, -0.2) is 10.8 Å². The van der Waals surface area contributed by atoms with Crippen molar-refractivity contribution < 1.29 is 4.79 Å². The van der Waals surface area contributed by atoms with Gasteiger partial charge in [0, 0.05) is 24.2 Å². The molecule has 1 aromatic carbocycles. The molecule has 0 bridgehead atoms. The van der Waals surface area contributed by atoms with Crippen molar-refractivity contribution in [3.63, 3.8) is 0 Å². The molecule has 1 aliphatic carbocycles. The van der Waals surface area contributed by atoms with Crippen LogP contribution in [0, 0.1) is 0 Å². The van der Waals surface area contributed by atoms with E-state index in [1.165, 1.54) is 5.39 Å². The Morgan fingerprint density at radius 3 is 2.89 bits per heavy atom. The van der Waals surface area contributed by atoms with Gasteiger partial charge in [-0.1, -0.05) is 18.2 Å². The van der Waals surface area contributed by atoms with Crippen LogP contribution in [0.5, 0.6) is 0 Å². The lowest BCUT2D eigenvalue weighted by molar-refractivity contribution is -0.114. The summed E-state index contributed by atoms with van der Waals surface area (Å²) in [4.78, 5) is 15.9. The molecule has 0 spiro atoms. The number of benzene rings is 1. The van der Waals surface area contributed by atoms with E-state index in [9.17, 15) is 4.79 Å². The van der Waals surface area contributed by atoms with Crippen molar-refractivity contribution in [1.29, 1.82) is 0 Å². The van der Waals surface area contributed by atoms with Crippen LogP contribution in [0.2, 0.25) is 0 Å². The molecule has 90 valence electrons. The number of allylic oxidation sites excluding steroid dienone is 2. The van der Waals surface area contributed by atoms with Gasteiger partial charge in [0.15, 0.2) is 5.78 Å². The first-order chi connectivity index (χ1) is 8.84. The molecule has 18 heavy (non-hydrogen) atoms. The predicted octanol–water partition coefficient (Wildman–Crippen LogP) is 3.76. The number of pyridine rings is 1. The van der Waals surface area contributed by atoms with Crippen LogP contribution in [-0.2, 0) is 4.79 Å². The summed E-state index contributed by atoms with van der Waals surface area (Å²) in [7, 11) is 0. The molecule has 1 aliphatic rings. The van der Waals surface area contributed by atoms with Crippen molar-refractivity contribution in [1.82, 2.24) is 4.98 Å². The SMILES string of the molecule is O=C1C=C(c2cccc3ccncc23)CCCC1. The number of carbonyl (C=O) groups is 1. The Bertz CT molecular complexity index is 623. The summed E-state index contributed by atoms with van der Waals surface area (Å²) in [5.74, 6) is 0.253. The molecular weight excluding hydrogens is 222 g/mol. The van der Waals surface area contributed by atoms with Crippen molar-refractivity contribution in [2.45, 2.75) is 25.7 Å². The first-order valence-electron chi connectivity index (χ1n) is 6.41. The van der Waals surface area contributed by atoms with E-state index < -0.39 is 0 Å². The monoisotopic (exact) mass is 237 g/mol. The summed E-state index contributed by atoms with van der Waals surface area (Å²) < 4.78 is 0. The molecule has 0 unspecified atom stereocenters. The van der Waals surface area contributed by atoms with Crippen molar-refractivity contribution in [3.8, 4) is 0 Å². The van der Waals surface area contributed by atoms with Gasteiger partial charge in [0.2, 0.25) is 0 Å². The topological polar surface area (TPSA) is 30.0 Å². The Balaban J connectivity index is 2.16. The molecule has 2 heteroatoms.